The van der Waals surface area contributed by atoms with Crippen LogP contribution in [0.1, 0.15) is 30.1 Å². The lowest BCUT2D eigenvalue weighted by Gasteiger charge is -2.26. The second-order valence-corrected chi connectivity index (χ2v) is 6.23. The summed E-state index contributed by atoms with van der Waals surface area (Å²) in [6.07, 6.45) is 2.44. The summed E-state index contributed by atoms with van der Waals surface area (Å²) in [5.74, 6) is 1.76. The summed E-state index contributed by atoms with van der Waals surface area (Å²) in [4.78, 5) is 6.92. The molecular formula is C16H18N2O2S. The molecule has 0 N–H and O–H groups in total. The standard InChI is InChI=1S/C16H18N2O2S/c1-2-14(18(5-1)9-13-10-21-11-17-13)12-3-4-15-16(8-12)20-7-6-19-15/h3-4,8,10-11,14H,1-2,5-7,9H2/t14-/m1/s1. The molecule has 4 nitrogen and oxygen atoms in total. The average Bonchev–Trinajstić information content (AvgIpc) is 3.19. The molecule has 1 fully saturated rings. The van der Waals surface area contributed by atoms with Gasteiger partial charge in [0.25, 0.3) is 0 Å². The van der Waals surface area contributed by atoms with Gasteiger partial charge in [0, 0.05) is 18.0 Å². The van der Waals surface area contributed by atoms with E-state index in [0.29, 0.717) is 19.3 Å². The molecule has 110 valence electrons. The average molecular weight is 302 g/mol. The number of rotatable bonds is 3. The molecule has 1 saturated heterocycles. The van der Waals surface area contributed by atoms with Crippen molar-refractivity contribution < 1.29 is 9.47 Å². The van der Waals surface area contributed by atoms with Crippen molar-refractivity contribution >= 4 is 11.3 Å². The number of ether oxygens (including phenoxy) is 2. The smallest absolute Gasteiger partial charge is 0.161 e. The van der Waals surface area contributed by atoms with Crippen LogP contribution in [0, 0.1) is 0 Å². The number of fused-ring (bicyclic) bond motifs is 1. The van der Waals surface area contributed by atoms with Crippen LogP contribution < -0.4 is 9.47 Å². The second-order valence-electron chi connectivity index (χ2n) is 5.51. The van der Waals surface area contributed by atoms with Gasteiger partial charge < -0.3 is 9.47 Å². The van der Waals surface area contributed by atoms with Gasteiger partial charge in [0.05, 0.1) is 11.2 Å². The number of benzene rings is 1. The summed E-state index contributed by atoms with van der Waals surface area (Å²) in [6.45, 7) is 3.36. The van der Waals surface area contributed by atoms with E-state index in [1.807, 2.05) is 11.6 Å². The maximum absolute atomic E-state index is 5.71. The molecule has 5 heteroatoms. The van der Waals surface area contributed by atoms with E-state index in [9.17, 15) is 0 Å². The van der Waals surface area contributed by atoms with Gasteiger partial charge in [0.1, 0.15) is 13.2 Å². The number of nitrogens with zero attached hydrogens (tertiary/aromatic N) is 2. The zero-order chi connectivity index (χ0) is 14.1. The number of likely N-dealkylation sites (tertiary alicyclic amines) is 1. The molecule has 2 aromatic rings. The number of hydrogen-bond acceptors (Lipinski definition) is 5. The third-order valence-electron chi connectivity index (χ3n) is 4.16. The van der Waals surface area contributed by atoms with E-state index >= 15 is 0 Å². The van der Waals surface area contributed by atoms with Gasteiger partial charge in [-0.15, -0.1) is 11.3 Å². The van der Waals surface area contributed by atoms with E-state index in [2.05, 4.69) is 27.4 Å². The molecule has 0 bridgehead atoms. The lowest BCUT2D eigenvalue weighted by atomic mass is 10.0. The zero-order valence-corrected chi connectivity index (χ0v) is 12.6. The minimum Gasteiger partial charge on any atom is -0.486 e. The Bertz CT molecular complexity index is 615. The molecule has 2 aliphatic rings. The van der Waals surface area contributed by atoms with Crippen LogP contribution in [0.3, 0.4) is 0 Å². The van der Waals surface area contributed by atoms with Crippen LogP contribution in [-0.4, -0.2) is 29.6 Å². The lowest BCUT2D eigenvalue weighted by molar-refractivity contribution is 0.170. The maximum Gasteiger partial charge on any atom is 0.161 e. The van der Waals surface area contributed by atoms with E-state index < -0.39 is 0 Å². The Hall–Kier alpha value is -1.59. The van der Waals surface area contributed by atoms with Gasteiger partial charge in [-0.05, 0) is 37.1 Å². The van der Waals surface area contributed by atoms with Crippen molar-refractivity contribution in [1.29, 1.82) is 0 Å². The van der Waals surface area contributed by atoms with Gasteiger partial charge in [-0.1, -0.05) is 6.07 Å². The minimum absolute atomic E-state index is 0.461. The van der Waals surface area contributed by atoms with Gasteiger partial charge in [-0.25, -0.2) is 4.98 Å². The van der Waals surface area contributed by atoms with Crippen molar-refractivity contribution in [2.45, 2.75) is 25.4 Å². The Labute approximate surface area is 128 Å². The highest BCUT2D eigenvalue weighted by atomic mass is 32.1. The predicted octanol–water partition coefficient (Wildman–Crippen LogP) is 3.25. The molecule has 0 unspecified atom stereocenters. The molecule has 0 radical (unpaired) electrons. The van der Waals surface area contributed by atoms with Crippen molar-refractivity contribution in [1.82, 2.24) is 9.88 Å². The van der Waals surface area contributed by atoms with Crippen LogP contribution >= 0.6 is 11.3 Å². The van der Waals surface area contributed by atoms with Crippen LogP contribution in [0.4, 0.5) is 0 Å². The SMILES string of the molecule is c1nc(CN2CCC[C@@H]2c2ccc3c(c2)OCCO3)cs1. The summed E-state index contributed by atoms with van der Waals surface area (Å²) >= 11 is 1.66. The molecular weight excluding hydrogens is 284 g/mol. The van der Waals surface area contributed by atoms with Crippen molar-refractivity contribution in [2.24, 2.45) is 0 Å². The molecule has 3 heterocycles. The quantitative estimate of drug-likeness (QED) is 0.871. The predicted molar refractivity (Wildman–Crippen MR) is 81.9 cm³/mol. The van der Waals surface area contributed by atoms with Crippen LogP contribution in [0.25, 0.3) is 0 Å². The molecule has 1 atom stereocenters. The van der Waals surface area contributed by atoms with Crippen LogP contribution in [0.15, 0.2) is 29.1 Å². The molecule has 1 aromatic heterocycles. The fourth-order valence-corrected chi connectivity index (χ4v) is 3.73. The molecule has 1 aromatic carbocycles. The van der Waals surface area contributed by atoms with E-state index in [1.165, 1.54) is 24.1 Å². The third kappa shape index (κ3) is 2.63. The third-order valence-corrected chi connectivity index (χ3v) is 4.80. The van der Waals surface area contributed by atoms with Crippen molar-refractivity contribution in [3.05, 3.63) is 40.3 Å². The molecule has 0 amide bonds. The van der Waals surface area contributed by atoms with E-state index in [1.54, 1.807) is 11.3 Å². The van der Waals surface area contributed by atoms with Gasteiger partial charge in [-0.3, -0.25) is 4.90 Å². The Morgan fingerprint density at radius 2 is 2.14 bits per heavy atom. The Morgan fingerprint density at radius 1 is 1.24 bits per heavy atom. The Kier molecular flexibility index (Phi) is 3.53. The highest BCUT2D eigenvalue weighted by Crippen LogP contribution is 2.38. The lowest BCUT2D eigenvalue weighted by Crippen LogP contribution is -2.23. The van der Waals surface area contributed by atoms with Gasteiger partial charge in [0.2, 0.25) is 0 Å². The minimum atomic E-state index is 0.461. The monoisotopic (exact) mass is 302 g/mol. The molecule has 0 spiro atoms. The number of hydrogen-bond donors (Lipinski definition) is 0. The summed E-state index contributed by atoms with van der Waals surface area (Å²) in [7, 11) is 0. The van der Waals surface area contributed by atoms with Crippen LogP contribution in [0.2, 0.25) is 0 Å². The van der Waals surface area contributed by atoms with Crippen molar-refractivity contribution in [2.75, 3.05) is 19.8 Å². The summed E-state index contributed by atoms with van der Waals surface area (Å²) in [5, 5.41) is 2.14. The topological polar surface area (TPSA) is 34.6 Å². The first-order valence-corrected chi connectivity index (χ1v) is 8.35. The van der Waals surface area contributed by atoms with Crippen LogP contribution in [0.5, 0.6) is 11.5 Å². The van der Waals surface area contributed by atoms with Gasteiger partial charge >= 0.3 is 0 Å². The van der Waals surface area contributed by atoms with Gasteiger partial charge in [0.15, 0.2) is 11.5 Å². The summed E-state index contributed by atoms with van der Waals surface area (Å²) in [6, 6.07) is 6.83. The number of thiazole rings is 1. The second kappa shape index (κ2) is 5.66. The number of aromatic nitrogens is 1. The van der Waals surface area contributed by atoms with Crippen LogP contribution in [-0.2, 0) is 6.54 Å². The van der Waals surface area contributed by atoms with Crippen molar-refractivity contribution in [3.8, 4) is 11.5 Å². The molecule has 0 saturated carbocycles. The summed E-state index contributed by atoms with van der Waals surface area (Å²) in [5.41, 5.74) is 4.40. The maximum atomic E-state index is 5.71. The Morgan fingerprint density at radius 3 is 3.00 bits per heavy atom. The first kappa shape index (κ1) is 13.1. The van der Waals surface area contributed by atoms with E-state index in [-0.39, 0.29) is 0 Å². The van der Waals surface area contributed by atoms with E-state index in [4.69, 9.17) is 9.47 Å². The fraction of sp³-hybridized carbons (Fsp3) is 0.438. The van der Waals surface area contributed by atoms with Gasteiger partial charge in [-0.2, -0.15) is 0 Å². The fourth-order valence-electron chi connectivity index (χ4n) is 3.18. The first-order valence-electron chi connectivity index (χ1n) is 7.41. The first-order chi connectivity index (χ1) is 10.4. The molecule has 2 aliphatic heterocycles. The van der Waals surface area contributed by atoms with Crippen molar-refractivity contribution in [3.63, 3.8) is 0 Å². The molecule has 4 rings (SSSR count). The Balaban J connectivity index is 1.56. The zero-order valence-electron chi connectivity index (χ0n) is 11.8. The molecule has 0 aliphatic carbocycles. The van der Waals surface area contributed by atoms with E-state index in [0.717, 1.165) is 24.6 Å². The normalized spacial score (nSPS) is 21.6. The summed E-state index contributed by atoms with van der Waals surface area (Å²) < 4.78 is 11.3. The largest absolute Gasteiger partial charge is 0.486 e. The highest BCUT2D eigenvalue weighted by molar-refractivity contribution is 7.07. The highest BCUT2D eigenvalue weighted by Gasteiger charge is 2.27. The molecule has 21 heavy (non-hydrogen) atoms.